The summed E-state index contributed by atoms with van der Waals surface area (Å²) in [5.41, 5.74) is 1.11. The summed E-state index contributed by atoms with van der Waals surface area (Å²) in [6, 6.07) is 7.08. The predicted octanol–water partition coefficient (Wildman–Crippen LogP) is -0.171. The standard InChI is InChI=1S/C12H16N6O2S/c19-21(20,17-8-5-13-6-9-17)15-11-3-1-2-4-12(11)18-10-7-14-16-18/h1-4,7,10,13,15H,5-6,8-9H2. The molecule has 21 heavy (non-hydrogen) atoms. The Morgan fingerprint density at radius 1 is 1.19 bits per heavy atom. The van der Waals surface area contributed by atoms with Gasteiger partial charge >= 0.3 is 10.2 Å². The number of hydrogen-bond acceptors (Lipinski definition) is 5. The minimum atomic E-state index is -3.57. The highest BCUT2D eigenvalue weighted by Crippen LogP contribution is 2.21. The van der Waals surface area contributed by atoms with Crippen molar-refractivity contribution in [1.82, 2.24) is 24.6 Å². The summed E-state index contributed by atoms with van der Waals surface area (Å²) in [6.07, 6.45) is 3.21. The molecule has 1 saturated heterocycles. The van der Waals surface area contributed by atoms with Crippen molar-refractivity contribution in [2.45, 2.75) is 0 Å². The number of nitrogens with zero attached hydrogens (tertiary/aromatic N) is 4. The van der Waals surface area contributed by atoms with Crippen LogP contribution in [0.3, 0.4) is 0 Å². The first-order valence-electron chi connectivity index (χ1n) is 6.61. The second-order valence-corrected chi connectivity index (χ2v) is 6.29. The van der Waals surface area contributed by atoms with E-state index in [1.807, 2.05) is 6.07 Å². The van der Waals surface area contributed by atoms with Crippen molar-refractivity contribution in [1.29, 1.82) is 0 Å². The van der Waals surface area contributed by atoms with Crippen molar-refractivity contribution in [2.24, 2.45) is 0 Å². The topological polar surface area (TPSA) is 92.1 Å². The van der Waals surface area contributed by atoms with Crippen LogP contribution in [0.5, 0.6) is 0 Å². The van der Waals surface area contributed by atoms with E-state index in [0.717, 1.165) is 0 Å². The zero-order chi connectivity index (χ0) is 14.7. The van der Waals surface area contributed by atoms with Gasteiger partial charge in [0.2, 0.25) is 0 Å². The molecule has 0 amide bonds. The summed E-state index contributed by atoms with van der Waals surface area (Å²) >= 11 is 0. The molecule has 0 unspecified atom stereocenters. The van der Waals surface area contributed by atoms with Gasteiger partial charge in [-0.15, -0.1) is 5.10 Å². The Morgan fingerprint density at radius 3 is 2.67 bits per heavy atom. The molecule has 2 aromatic rings. The molecule has 1 aliphatic rings. The minimum absolute atomic E-state index is 0.459. The van der Waals surface area contributed by atoms with Crippen LogP contribution < -0.4 is 10.0 Å². The lowest BCUT2D eigenvalue weighted by Gasteiger charge is -2.27. The molecule has 9 heteroatoms. The molecule has 1 aromatic carbocycles. The van der Waals surface area contributed by atoms with E-state index in [-0.39, 0.29) is 0 Å². The van der Waals surface area contributed by atoms with Crippen molar-refractivity contribution in [3.8, 4) is 5.69 Å². The zero-order valence-corrected chi connectivity index (χ0v) is 12.1. The van der Waals surface area contributed by atoms with Gasteiger partial charge in [-0.3, -0.25) is 4.72 Å². The van der Waals surface area contributed by atoms with Crippen LogP contribution in [0.4, 0.5) is 5.69 Å². The smallest absolute Gasteiger partial charge is 0.301 e. The van der Waals surface area contributed by atoms with Crippen molar-refractivity contribution < 1.29 is 8.42 Å². The summed E-state index contributed by atoms with van der Waals surface area (Å²) in [4.78, 5) is 0. The first-order chi connectivity index (χ1) is 10.2. The van der Waals surface area contributed by atoms with E-state index in [9.17, 15) is 8.42 Å². The predicted molar refractivity (Wildman–Crippen MR) is 78.3 cm³/mol. The maximum absolute atomic E-state index is 12.4. The average Bonchev–Trinajstić information content (AvgIpc) is 3.02. The number of anilines is 1. The normalized spacial score (nSPS) is 16.8. The number of para-hydroxylation sites is 2. The summed E-state index contributed by atoms with van der Waals surface area (Å²) in [6.45, 7) is 2.24. The third kappa shape index (κ3) is 3.04. The SMILES string of the molecule is O=S(=O)(Nc1ccccc1-n1ccnn1)N1CCNCC1. The fourth-order valence-electron chi connectivity index (χ4n) is 2.18. The Labute approximate surface area is 122 Å². The molecule has 1 aliphatic heterocycles. The van der Waals surface area contributed by atoms with Gasteiger partial charge in [-0.05, 0) is 12.1 Å². The van der Waals surface area contributed by atoms with E-state index in [4.69, 9.17) is 0 Å². The van der Waals surface area contributed by atoms with Crippen molar-refractivity contribution in [2.75, 3.05) is 30.9 Å². The maximum Gasteiger partial charge on any atom is 0.301 e. The first-order valence-corrected chi connectivity index (χ1v) is 8.05. The van der Waals surface area contributed by atoms with E-state index in [1.54, 1.807) is 30.6 Å². The number of hydrogen-bond donors (Lipinski definition) is 2. The summed E-state index contributed by atoms with van der Waals surface area (Å²) < 4.78 is 30.4. The number of rotatable bonds is 4. The monoisotopic (exact) mass is 308 g/mol. The fraction of sp³-hybridized carbons (Fsp3) is 0.333. The molecule has 0 bridgehead atoms. The van der Waals surface area contributed by atoms with Crippen molar-refractivity contribution in [3.63, 3.8) is 0 Å². The van der Waals surface area contributed by atoms with Crippen molar-refractivity contribution in [3.05, 3.63) is 36.7 Å². The van der Waals surface area contributed by atoms with Gasteiger partial charge in [0.15, 0.2) is 0 Å². The lowest BCUT2D eigenvalue weighted by Crippen LogP contribution is -2.48. The van der Waals surface area contributed by atoms with Crippen LogP contribution in [0.15, 0.2) is 36.7 Å². The van der Waals surface area contributed by atoms with E-state index in [2.05, 4.69) is 20.4 Å². The molecule has 2 heterocycles. The molecule has 0 radical (unpaired) electrons. The Bertz CT molecular complexity index is 694. The van der Waals surface area contributed by atoms with Crippen LogP contribution in [0.1, 0.15) is 0 Å². The second kappa shape index (κ2) is 5.80. The van der Waals surface area contributed by atoms with Gasteiger partial charge in [-0.25, -0.2) is 4.68 Å². The van der Waals surface area contributed by atoms with E-state index >= 15 is 0 Å². The molecule has 112 valence electrons. The van der Waals surface area contributed by atoms with Crippen LogP contribution in [-0.2, 0) is 10.2 Å². The van der Waals surface area contributed by atoms with Gasteiger partial charge < -0.3 is 5.32 Å². The van der Waals surface area contributed by atoms with Gasteiger partial charge in [0.25, 0.3) is 0 Å². The zero-order valence-electron chi connectivity index (χ0n) is 11.3. The highest BCUT2D eigenvalue weighted by molar-refractivity contribution is 7.90. The van der Waals surface area contributed by atoms with Crippen LogP contribution in [-0.4, -0.2) is 53.9 Å². The van der Waals surface area contributed by atoms with Gasteiger partial charge in [0, 0.05) is 26.2 Å². The molecular weight excluding hydrogens is 292 g/mol. The lowest BCUT2D eigenvalue weighted by atomic mass is 10.3. The molecule has 8 nitrogen and oxygen atoms in total. The number of aromatic nitrogens is 3. The Hall–Kier alpha value is -1.97. The Morgan fingerprint density at radius 2 is 1.95 bits per heavy atom. The summed E-state index contributed by atoms with van der Waals surface area (Å²) in [7, 11) is -3.57. The van der Waals surface area contributed by atoms with Gasteiger partial charge in [-0.2, -0.15) is 12.7 Å². The van der Waals surface area contributed by atoms with E-state index < -0.39 is 10.2 Å². The molecule has 0 spiro atoms. The quantitative estimate of drug-likeness (QED) is 0.818. The first kappa shape index (κ1) is 14.0. The molecule has 0 aliphatic carbocycles. The van der Waals surface area contributed by atoms with Gasteiger partial charge in [0.1, 0.15) is 0 Å². The molecule has 1 aromatic heterocycles. The summed E-state index contributed by atoms with van der Waals surface area (Å²) in [5, 5.41) is 10.8. The number of benzene rings is 1. The number of nitrogens with one attached hydrogen (secondary N) is 2. The minimum Gasteiger partial charge on any atom is -0.314 e. The third-order valence-electron chi connectivity index (χ3n) is 3.23. The third-order valence-corrected chi connectivity index (χ3v) is 4.75. The molecular formula is C12H16N6O2S. The highest BCUT2D eigenvalue weighted by Gasteiger charge is 2.24. The molecule has 1 fully saturated rings. The van der Waals surface area contributed by atoms with Gasteiger partial charge in [-0.1, -0.05) is 17.3 Å². The number of piperazine rings is 1. The molecule has 3 rings (SSSR count). The van der Waals surface area contributed by atoms with E-state index in [0.29, 0.717) is 37.6 Å². The van der Waals surface area contributed by atoms with Crippen LogP contribution in [0.25, 0.3) is 5.69 Å². The lowest BCUT2D eigenvalue weighted by molar-refractivity contribution is 0.362. The average molecular weight is 308 g/mol. The van der Waals surface area contributed by atoms with Gasteiger partial charge in [0.05, 0.1) is 23.8 Å². The van der Waals surface area contributed by atoms with Crippen molar-refractivity contribution >= 4 is 15.9 Å². The van der Waals surface area contributed by atoms with E-state index in [1.165, 1.54) is 8.99 Å². The largest absolute Gasteiger partial charge is 0.314 e. The molecule has 0 saturated carbocycles. The van der Waals surface area contributed by atoms with Crippen LogP contribution >= 0.6 is 0 Å². The summed E-state index contributed by atoms with van der Waals surface area (Å²) in [5.74, 6) is 0. The van der Waals surface area contributed by atoms with Crippen LogP contribution in [0, 0.1) is 0 Å². The van der Waals surface area contributed by atoms with Crippen LogP contribution in [0.2, 0.25) is 0 Å². The Kier molecular flexibility index (Phi) is 3.86. The second-order valence-electron chi connectivity index (χ2n) is 4.62. The Balaban J connectivity index is 1.88. The highest BCUT2D eigenvalue weighted by atomic mass is 32.2. The fourth-order valence-corrected chi connectivity index (χ4v) is 3.43. The maximum atomic E-state index is 12.4. The molecule has 2 N–H and O–H groups in total. The molecule has 0 atom stereocenters.